The maximum absolute atomic E-state index is 4.34. The Morgan fingerprint density at radius 1 is 1.20 bits per heavy atom. The molecule has 0 spiro atoms. The fourth-order valence-corrected chi connectivity index (χ4v) is 2.07. The normalized spacial score (nSPS) is 17.9. The van der Waals surface area contributed by atoms with Crippen molar-refractivity contribution in [3.63, 3.8) is 0 Å². The summed E-state index contributed by atoms with van der Waals surface area (Å²) in [5.74, 6) is 0. The molecule has 1 aliphatic rings. The van der Waals surface area contributed by atoms with Gasteiger partial charge in [0.1, 0.15) is 0 Å². The zero-order valence-electron chi connectivity index (χ0n) is 9.37. The van der Waals surface area contributed by atoms with Gasteiger partial charge >= 0.3 is 0 Å². The van der Waals surface area contributed by atoms with Crippen molar-refractivity contribution in [2.24, 2.45) is 0 Å². The first kappa shape index (κ1) is 10.6. The summed E-state index contributed by atoms with van der Waals surface area (Å²) in [5.41, 5.74) is 2.03. The highest BCUT2D eigenvalue weighted by Gasteiger charge is 2.12. The van der Waals surface area contributed by atoms with Crippen molar-refractivity contribution in [2.75, 3.05) is 0 Å². The average molecular weight is 205 g/mol. The topological polar surface area (TPSA) is 37.8 Å². The first-order valence-corrected chi connectivity index (χ1v) is 5.85. The van der Waals surface area contributed by atoms with Crippen LogP contribution in [0.15, 0.2) is 12.4 Å². The van der Waals surface area contributed by atoms with Crippen LogP contribution in [-0.2, 0) is 6.54 Å². The Kier molecular flexibility index (Phi) is 3.67. The second-order valence-electron chi connectivity index (χ2n) is 4.36. The predicted octanol–water partition coefficient (Wildman–Crippen LogP) is 2.21. The van der Waals surface area contributed by atoms with E-state index in [1.807, 2.05) is 19.3 Å². The summed E-state index contributed by atoms with van der Waals surface area (Å²) in [6, 6.07) is 0.696. The molecule has 15 heavy (non-hydrogen) atoms. The van der Waals surface area contributed by atoms with Crippen LogP contribution in [0.25, 0.3) is 0 Å². The second-order valence-corrected chi connectivity index (χ2v) is 4.36. The van der Waals surface area contributed by atoms with Crippen molar-refractivity contribution in [3.8, 4) is 0 Å². The molecule has 0 saturated heterocycles. The summed E-state index contributed by atoms with van der Waals surface area (Å²) in [7, 11) is 0. The Balaban J connectivity index is 1.79. The average Bonchev–Trinajstić information content (AvgIpc) is 2.30. The lowest BCUT2D eigenvalue weighted by atomic mass is 9.95. The van der Waals surface area contributed by atoms with Crippen LogP contribution in [0.3, 0.4) is 0 Å². The highest BCUT2D eigenvalue weighted by molar-refractivity contribution is 5.00. The molecule has 1 aliphatic carbocycles. The minimum absolute atomic E-state index is 0.696. The molecule has 2 rings (SSSR count). The van der Waals surface area contributed by atoms with Crippen molar-refractivity contribution in [2.45, 2.75) is 51.6 Å². The smallest absolute Gasteiger partial charge is 0.0724 e. The molecule has 1 aromatic rings. The summed E-state index contributed by atoms with van der Waals surface area (Å²) in [5, 5.41) is 3.55. The Morgan fingerprint density at radius 3 is 2.67 bits per heavy atom. The molecule has 0 atom stereocenters. The molecule has 1 heterocycles. The maximum Gasteiger partial charge on any atom is 0.0724 e. The molecule has 82 valence electrons. The Morgan fingerprint density at radius 2 is 2.00 bits per heavy atom. The molecule has 1 fully saturated rings. The van der Waals surface area contributed by atoms with Gasteiger partial charge in [-0.2, -0.15) is 0 Å². The van der Waals surface area contributed by atoms with Gasteiger partial charge in [0, 0.05) is 25.0 Å². The SMILES string of the molecule is Cc1cnc(CNC2CCCCC2)cn1. The van der Waals surface area contributed by atoms with E-state index in [9.17, 15) is 0 Å². The monoisotopic (exact) mass is 205 g/mol. The molecule has 0 aliphatic heterocycles. The number of hydrogen-bond acceptors (Lipinski definition) is 3. The zero-order chi connectivity index (χ0) is 10.5. The van der Waals surface area contributed by atoms with E-state index in [1.54, 1.807) is 0 Å². The molecule has 0 radical (unpaired) electrons. The Bertz CT molecular complexity index is 288. The molecular formula is C12H19N3. The molecule has 3 nitrogen and oxygen atoms in total. The maximum atomic E-state index is 4.34. The van der Waals surface area contributed by atoms with Crippen LogP contribution in [0, 0.1) is 6.92 Å². The van der Waals surface area contributed by atoms with E-state index in [4.69, 9.17) is 0 Å². The summed E-state index contributed by atoms with van der Waals surface area (Å²) in [4.78, 5) is 8.58. The lowest BCUT2D eigenvalue weighted by Crippen LogP contribution is -2.30. The Labute approximate surface area is 91.3 Å². The zero-order valence-corrected chi connectivity index (χ0v) is 9.37. The van der Waals surface area contributed by atoms with Gasteiger partial charge in [-0.15, -0.1) is 0 Å². The Hall–Kier alpha value is -0.960. The molecule has 1 N–H and O–H groups in total. The van der Waals surface area contributed by atoms with Gasteiger partial charge in [-0.3, -0.25) is 9.97 Å². The highest BCUT2D eigenvalue weighted by Crippen LogP contribution is 2.17. The van der Waals surface area contributed by atoms with E-state index in [0.29, 0.717) is 6.04 Å². The molecule has 0 amide bonds. The largest absolute Gasteiger partial charge is 0.308 e. The van der Waals surface area contributed by atoms with E-state index in [2.05, 4.69) is 15.3 Å². The molecule has 0 unspecified atom stereocenters. The van der Waals surface area contributed by atoms with E-state index in [-0.39, 0.29) is 0 Å². The van der Waals surface area contributed by atoms with E-state index < -0.39 is 0 Å². The van der Waals surface area contributed by atoms with Crippen molar-refractivity contribution in [3.05, 3.63) is 23.8 Å². The minimum atomic E-state index is 0.696. The third-order valence-corrected chi connectivity index (χ3v) is 3.01. The van der Waals surface area contributed by atoms with Gasteiger partial charge in [-0.05, 0) is 19.8 Å². The fraction of sp³-hybridized carbons (Fsp3) is 0.667. The van der Waals surface area contributed by atoms with Gasteiger partial charge in [0.25, 0.3) is 0 Å². The molecular weight excluding hydrogens is 186 g/mol. The molecule has 0 bridgehead atoms. The van der Waals surface area contributed by atoms with Crippen molar-refractivity contribution in [1.29, 1.82) is 0 Å². The lowest BCUT2D eigenvalue weighted by molar-refractivity contribution is 0.371. The minimum Gasteiger partial charge on any atom is -0.308 e. The van der Waals surface area contributed by atoms with E-state index >= 15 is 0 Å². The van der Waals surface area contributed by atoms with Crippen molar-refractivity contribution in [1.82, 2.24) is 15.3 Å². The van der Waals surface area contributed by atoms with Gasteiger partial charge in [-0.25, -0.2) is 0 Å². The number of rotatable bonds is 3. The first-order valence-electron chi connectivity index (χ1n) is 5.85. The van der Waals surface area contributed by atoms with Crippen LogP contribution >= 0.6 is 0 Å². The third-order valence-electron chi connectivity index (χ3n) is 3.01. The summed E-state index contributed by atoms with van der Waals surface area (Å²) in [6.07, 6.45) is 10.5. The van der Waals surface area contributed by atoms with E-state index in [1.165, 1.54) is 32.1 Å². The van der Waals surface area contributed by atoms with Gasteiger partial charge in [-0.1, -0.05) is 19.3 Å². The van der Waals surface area contributed by atoms with Crippen molar-refractivity contribution < 1.29 is 0 Å². The van der Waals surface area contributed by atoms with Gasteiger partial charge in [0.15, 0.2) is 0 Å². The number of aromatic nitrogens is 2. The van der Waals surface area contributed by atoms with Crippen LogP contribution < -0.4 is 5.32 Å². The van der Waals surface area contributed by atoms with Gasteiger partial charge in [0.2, 0.25) is 0 Å². The molecule has 1 saturated carbocycles. The van der Waals surface area contributed by atoms with Crippen LogP contribution in [0.5, 0.6) is 0 Å². The van der Waals surface area contributed by atoms with Crippen LogP contribution in [0.1, 0.15) is 43.5 Å². The number of aryl methyl sites for hydroxylation is 1. The highest BCUT2D eigenvalue weighted by atomic mass is 14.9. The second kappa shape index (κ2) is 5.21. The van der Waals surface area contributed by atoms with Gasteiger partial charge < -0.3 is 5.32 Å². The first-order chi connectivity index (χ1) is 7.34. The van der Waals surface area contributed by atoms with Gasteiger partial charge in [0.05, 0.1) is 11.4 Å². The standard InChI is InChI=1S/C12H19N3/c1-10-7-14-12(8-13-10)9-15-11-5-3-2-4-6-11/h7-8,11,15H,2-6,9H2,1H3. The lowest BCUT2D eigenvalue weighted by Gasteiger charge is -2.22. The van der Waals surface area contributed by atoms with Crippen LogP contribution in [0.4, 0.5) is 0 Å². The molecule has 1 aromatic heterocycles. The third kappa shape index (κ3) is 3.27. The van der Waals surface area contributed by atoms with Crippen LogP contribution in [-0.4, -0.2) is 16.0 Å². The van der Waals surface area contributed by atoms with Crippen molar-refractivity contribution >= 4 is 0 Å². The van der Waals surface area contributed by atoms with Crippen LogP contribution in [0.2, 0.25) is 0 Å². The number of nitrogens with one attached hydrogen (secondary N) is 1. The fourth-order valence-electron chi connectivity index (χ4n) is 2.07. The number of hydrogen-bond donors (Lipinski definition) is 1. The summed E-state index contributed by atoms with van der Waals surface area (Å²) in [6.45, 7) is 2.82. The quantitative estimate of drug-likeness (QED) is 0.822. The molecule has 0 aromatic carbocycles. The summed E-state index contributed by atoms with van der Waals surface area (Å²) >= 11 is 0. The number of nitrogens with zero attached hydrogens (tertiary/aromatic N) is 2. The molecule has 3 heteroatoms. The van der Waals surface area contributed by atoms with E-state index in [0.717, 1.165) is 17.9 Å². The predicted molar refractivity (Wildman–Crippen MR) is 60.5 cm³/mol. The summed E-state index contributed by atoms with van der Waals surface area (Å²) < 4.78 is 0.